The van der Waals surface area contributed by atoms with E-state index in [0.717, 1.165) is 24.1 Å². The number of nitrogens with zero attached hydrogens (tertiary/aromatic N) is 3. The molecule has 4 nitrogen and oxygen atoms in total. The van der Waals surface area contributed by atoms with Crippen LogP contribution in [0.4, 0.5) is 0 Å². The van der Waals surface area contributed by atoms with Gasteiger partial charge in [0.1, 0.15) is 0 Å². The maximum Gasteiger partial charge on any atom is 0.246 e. The lowest BCUT2D eigenvalue weighted by Crippen LogP contribution is -2.30. The number of hydrogen-bond acceptors (Lipinski definition) is 3. The second-order valence-corrected chi connectivity index (χ2v) is 5.54. The molecular weight excluding hydrogens is 298 g/mol. The van der Waals surface area contributed by atoms with E-state index >= 15 is 0 Å². The molecule has 1 aromatic carbocycles. The summed E-state index contributed by atoms with van der Waals surface area (Å²) in [5.74, 6) is -0.105. The topological polar surface area (TPSA) is 57.0 Å². The van der Waals surface area contributed by atoms with Crippen LogP contribution in [0.5, 0.6) is 0 Å². The number of benzene rings is 1. The first kappa shape index (κ1) is 17.4. The summed E-state index contributed by atoms with van der Waals surface area (Å²) >= 11 is 0. The SMILES string of the molecule is CCC[C@@H](c1ccccn1)N(C)C(=O)/C=C\c1ccccc1C#N. The van der Waals surface area contributed by atoms with Gasteiger partial charge >= 0.3 is 0 Å². The number of pyridine rings is 1. The second kappa shape index (κ2) is 8.64. The third-order valence-corrected chi connectivity index (χ3v) is 3.89. The summed E-state index contributed by atoms with van der Waals surface area (Å²) in [6.45, 7) is 2.09. The van der Waals surface area contributed by atoms with Crippen LogP contribution in [0.25, 0.3) is 6.08 Å². The first-order valence-electron chi connectivity index (χ1n) is 8.02. The molecule has 0 spiro atoms. The molecule has 2 rings (SSSR count). The molecule has 0 aliphatic carbocycles. The lowest BCUT2D eigenvalue weighted by atomic mass is 10.1. The number of carbonyl (C=O) groups excluding carboxylic acids is 1. The molecule has 0 unspecified atom stereocenters. The van der Waals surface area contributed by atoms with Gasteiger partial charge in [0.05, 0.1) is 23.4 Å². The van der Waals surface area contributed by atoms with Crippen LogP contribution in [0.3, 0.4) is 0 Å². The summed E-state index contributed by atoms with van der Waals surface area (Å²) in [5.41, 5.74) is 2.19. The van der Waals surface area contributed by atoms with Gasteiger partial charge in [-0.25, -0.2) is 0 Å². The Bertz CT molecular complexity index is 747. The van der Waals surface area contributed by atoms with Crippen LogP contribution in [0, 0.1) is 11.3 Å². The van der Waals surface area contributed by atoms with Crippen molar-refractivity contribution in [3.8, 4) is 6.07 Å². The number of hydrogen-bond donors (Lipinski definition) is 0. The Balaban J connectivity index is 2.18. The molecule has 0 saturated carbocycles. The summed E-state index contributed by atoms with van der Waals surface area (Å²) in [6, 6.07) is 15.0. The molecule has 0 fully saturated rings. The van der Waals surface area contributed by atoms with E-state index in [1.165, 1.54) is 6.08 Å². The smallest absolute Gasteiger partial charge is 0.246 e. The van der Waals surface area contributed by atoms with Crippen molar-refractivity contribution >= 4 is 12.0 Å². The molecule has 1 atom stereocenters. The Morgan fingerprint density at radius 3 is 2.71 bits per heavy atom. The van der Waals surface area contributed by atoms with Crippen LogP contribution in [-0.2, 0) is 4.79 Å². The average Bonchev–Trinajstić information content (AvgIpc) is 2.64. The molecule has 1 aromatic heterocycles. The second-order valence-electron chi connectivity index (χ2n) is 5.54. The van der Waals surface area contributed by atoms with Crippen LogP contribution in [0.15, 0.2) is 54.7 Å². The van der Waals surface area contributed by atoms with E-state index in [9.17, 15) is 4.79 Å². The number of aromatic nitrogens is 1. The lowest BCUT2D eigenvalue weighted by molar-refractivity contribution is -0.127. The van der Waals surface area contributed by atoms with Crippen molar-refractivity contribution in [2.24, 2.45) is 0 Å². The molecule has 0 aliphatic heterocycles. The largest absolute Gasteiger partial charge is 0.334 e. The highest BCUT2D eigenvalue weighted by Crippen LogP contribution is 2.23. The van der Waals surface area contributed by atoms with Gasteiger partial charge in [-0.1, -0.05) is 37.6 Å². The minimum Gasteiger partial charge on any atom is -0.334 e. The average molecular weight is 319 g/mol. The molecule has 0 N–H and O–H groups in total. The number of amides is 1. The van der Waals surface area contributed by atoms with E-state index in [4.69, 9.17) is 5.26 Å². The van der Waals surface area contributed by atoms with Crippen molar-refractivity contribution in [3.63, 3.8) is 0 Å². The molecule has 4 heteroatoms. The van der Waals surface area contributed by atoms with Crippen molar-refractivity contribution < 1.29 is 4.79 Å². The Kier molecular flexibility index (Phi) is 6.27. The molecular formula is C20H21N3O. The molecule has 1 amide bonds. The summed E-state index contributed by atoms with van der Waals surface area (Å²) in [5, 5.41) is 9.11. The highest BCUT2D eigenvalue weighted by Gasteiger charge is 2.20. The standard InChI is InChI=1S/C20H21N3O/c1-3-8-19(18-11-6-7-14-22-18)23(2)20(24)13-12-16-9-4-5-10-17(16)15-21/h4-7,9-14,19H,3,8H2,1-2H3/b13-12-/t19-/m0/s1. The summed E-state index contributed by atoms with van der Waals surface area (Å²) < 4.78 is 0. The van der Waals surface area contributed by atoms with Crippen molar-refractivity contribution in [2.45, 2.75) is 25.8 Å². The van der Waals surface area contributed by atoms with Gasteiger partial charge in [0.15, 0.2) is 0 Å². The van der Waals surface area contributed by atoms with Gasteiger partial charge in [-0.05, 0) is 36.3 Å². The summed E-state index contributed by atoms with van der Waals surface area (Å²) in [4.78, 5) is 18.6. The van der Waals surface area contributed by atoms with Gasteiger partial charge < -0.3 is 4.90 Å². The van der Waals surface area contributed by atoms with E-state index in [0.29, 0.717) is 5.56 Å². The first-order chi connectivity index (χ1) is 11.7. The van der Waals surface area contributed by atoms with Gasteiger partial charge in [-0.15, -0.1) is 0 Å². The molecule has 0 bridgehead atoms. The molecule has 0 aliphatic rings. The predicted molar refractivity (Wildman–Crippen MR) is 94.8 cm³/mol. The van der Waals surface area contributed by atoms with Crippen molar-refractivity contribution in [1.82, 2.24) is 9.88 Å². The normalized spacial score (nSPS) is 11.9. The Labute approximate surface area is 143 Å². The number of nitriles is 1. The van der Waals surface area contributed by atoms with Gasteiger partial charge in [0, 0.05) is 19.3 Å². The van der Waals surface area contributed by atoms with Crippen LogP contribution in [-0.4, -0.2) is 22.8 Å². The van der Waals surface area contributed by atoms with Crippen LogP contribution >= 0.6 is 0 Å². The zero-order chi connectivity index (χ0) is 17.4. The fourth-order valence-corrected chi connectivity index (χ4v) is 2.56. The molecule has 122 valence electrons. The quantitative estimate of drug-likeness (QED) is 0.757. The van der Waals surface area contributed by atoms with E-state index in [2.05, 4.69) is 18.0 Å². The minimum atomic E-state index is -0.105. The van der Waals surface area contributed by atoms with E-state index in [1.807, 2.05) is 36.4 Å². The van der Waals surface area contributed by atoms with Gasteiger partial charge in [0.25, 0.3) is 0 Å². The van der Waals surface area contributed by atoms with E-state index < -0.39 is 0 Å². The van der Waals surface area contributed by atoms with Gasteiger partial charge in [0.2, 0.25) is 5.91 Å². The number of rotatable bonds is 6. The number of carbonyl (C=O) groups is 1. The van der Waals surface area contributed by atoms with Gasteiger partial charge in [-0.2, -0.15) is 5.26 Å². The number of likely N-dealkylation sites (N-methyl/N-ethyl adjacent to an activating group) is 1. The highest BCUT2D eigenvalue weighted by molar-refractivity contribution is 5.92. The zero-order valence-electron chi connectivity index (χ0n) is 14.0. The van der Waals surface area contributed by atoms with Crippen LogP contribution in [0.1, 0.15) is 42.6 Å². The monoisotopic (exact) mass is 319 g/mol. The fourth-order valence-electron chi connectivity index (χ4n) is 2.56. The highest BCUT2D eigenvalue weighted by atomic mass is 16.2. The van der Waals surface area contributed by atoms with Gasteiger partial charge in [-0.3, -0.25) is 9.78 Å². The Morgan fingerprint density at radius 1 is 1.29 bits per heavy atom. The first-order valence-corrected chi connectivity index (χ1v) is 8.02. The fraction of sp³-hybridized carbons (Fsp3) is 0.250. The molecule has 0 saturated heterocycles. The van der Waals surface area contributed by atoms with E-state index in [-0.39, 0.29) is 11.9 Å². The molecule has 1 heterocycles. The summed E-state index contributed by atoms with van der Waals surface area (Å²) in [7, 11) is 1.79. The predicted octanol–water partition coefficient (Wildman–Crippen LogP) is 3.97. The third kappa shape index (κ3) is 4.30. The van der Waals surface area contributed by atoms with E-state index in [1.54, 1.807) is 30.3 Å². The van der Waals surface area contributed by atoms with Crippen molar-refractivity contribution in [3.05, 3.63) is 71.6 Å². The molecule has 2 aromatic rings. The van der Waals surface area contributed by atoms with Crippen molar-refractivity contribution in [1.29, 1.82) is 5.26 Å². The molecule has 0 radical (unpaired) electrons. The third-order valence-electron chi connectivity index (χ3n) is 3.89. The van der Waals surface area contributed by atoms with Crippen LogP contribution in [0.2, 0.25) is 0 Å². The maximum atomic E-state index is 12.5. The Morgan fingerprint density at radius 2 is 2.04 bits per heavy atom. The van der Waals surface area contributed by atoms with Crippen molar-refractivity contribution in [2.75, 3.05) is 7.05 Å². The maximum absolute atomic E-state index is 12.5. The minimum absolute atomic E-state index is 0.0560. The van der Waals surface area contributed by atoms with Crippen LogP contribution < -0.4 is 0 Å². The zero-order valence-corrected chi connectivity index (χ0v) is 14.0. The Hall–Kier alpha value is -2.93. The summed E-state index contributed by atoms with van der Waals surface area (Å²) in [6.07, 6.45) is 6.76. The molecule has 24 heavy (non-hydrogen) atoms. The lowest BCUT2D eigenvalue weighted by Gasteiger charge is -2.26.